The van der Waals surface area contributed by atoms with Crippen LogP contribution < -0.4 is 14.8 Å². The number of aromatic nitrogens is 2. The van der Waals surface area contributed by atoms with Crippen LogP contribution in [-0.2, 0) is 0 Å². The van der Waals surface area contributed by atoms with Crippen LogP contribution in [0.2, 0.25) is 0 Å². The molecule has 92 valence electrons. The largest absolute Gasteiger partial charge is 0.486 e. The fourth-order valence-corrected chi connectivity index (χ4v) is 1.84. The van der Waals surface area contributed by atoms with Crippen LogP contribution in [0.15, 0.2) is 30.5 Å². The molecule has 1 N–H and O–H groups in total. The van der Waals surface area contributed by atoms with Gasteiger partial charge in [0, 0.05) is 18.8 Å². The van der Waals surface area contributed by atoms with E-state index in [2.05, 4.69) is 15.3 Å². The van der Waals surface area contributed by atoms with Crippen LogP contribution in [0.3, 0.4) is 0 Å². The van der Waals surface area contributed by atoms with Gasteiger partial charge >= 0.3 is 0 Å². The number of nitrogens with zero attached hydrogens (tertiary/aromatic N) is 2. The van der Waals surface area contributed by atoms with Gasteiger partial charge < -0.3 is 14.8 Å². The van der Waals surface area contributed by atoms with Crippen molar-refractivity contribution in [2.24, 2.45) is 0 Å². The Morgan fingerprint density at radius 1 is 1.11 bits per heavy atom. The molecular formula is C13H13N3O2. The highest BCUT2D eigenvalue weighted by atomic mass is 16.6. The third kappa shape index (κ3) is 1.95. The normalized spacial score (nSPS) is 13.2. The van der Waals surface area contributed by atoms with Gasteiger partial charge in [0.15, 0.2) is 11.5 Å². The lowest BCUT2D eigenvalue weighted by atomic mass is 10.1. The van der Waals surface area contributed by atoms with Crippen molar-refractivity contribution >= 4 is 5.95 Å². The predicted octanol–water partition coefficient (Wildman–Crippen LogP) is 1.96. The van der Waals surface area contributed by atoms with E-state index >= 15 is 0 Å². The summed E-state index contributed by atoms with van der Waals surface area (Å²) in [5, 5.41) is 2.92. The van der Waals surface area contributed by atoms with Gasteiger partial charge in [-0.2, -0.15) is 0 Å². The van der Waals surface area contributed by atoms with Crippen LogP contribution >= 0.6 is 0 Å². The monoisotopic (exact) mass is 243 g/mol. The lowest BCUT2D eigenvalue weighted by Gasteiger charge is -2.18. The number of hydrogen-bond acceptors (Lipinski definition) is 5. The molecule has 1 aromatic heterocycles. The highest BCUT2D eigenvalue weighted by Gasteiger charge is 2.12. The molecule has 1 aromatic carbocycles. The second kappa shape index (κ2) is 4.52. The predicted molar refractivity (Wildman–Crippen MR) is 68.0 cm³/mol. The maximum Gasteiger partial charge on any atom is 0.222 e. The Morgan fingerprint density at radius 2 is 1.94 bits per heavy atom. The van der Waals surface area contributed by atoms with Gasteiger partial charge in [-0.3, -0.25) is 0 Å². The molecule has 0 radical (unpaired) electrons. The smallest absolute Gasteiger partial charge is 0.222 e. The Kier molecular flexibility index (Phi) is 2.72. The molecule has 0 aliphatic carbocycles. The zero-order valence-electron chi connectivity index (χ0n) is 10.0. The van der Waals surface area contributed by atoms with Crippen molar-refractivity contribution in [3.63, 3.8) is 0 Å². The molecule has 0 amide bonds. The summed E-state index contributed by atoms with van der Waals surface area (Å²) < 4.78 is 11.0. The zero-order valence-corrected chi connectivity index (χ0v) is 10.0. The summed E-state index contributed by atoms with van der Waals surface area (Å²) in [6.45, 7) is 1.19. The van der Waals surface area contributed by atoms with E-state index in [0.29, 0.717) is 19.2 Å². The van der Waals surface area contributed by atoms with Crippen LogP contribution in [-0.4, -0.2) is 30.2 Å². The Bertz CT molecular complexity index is 572. The van der Waals surface area contributed by atoms with Crippen molar-refractivity contribution in [1.29, 1.82) is 0 Å². The Hall–Kier alpha value is -2.30. The van der Waals surface area contributed by atoms with Gasteiger partial charge in [-0.25, -0.2) is 9.97 Å². The number of fused-ring (bicyclic) bond motifs is 1. The summed E-state index contributed by atoms with van der Waals surface area (Å²) in [7, 11) is 1.79. The van der Waals surface area contributed by atoms with Gasteiger partial charge in [-0.05, 0) is 24.3 Å². The molecule has 0 atom stereocenters. The van der Waals surface area contributed by atoms with E-state index in [0.717, 1.165) is 22.8 Å². The van der Waals surface area contributed by atoms with Crippen molar-refractivity contribution in [2.75, 3.05) is 25.6 Å². The third-order valence-corrected chi connectivity index (χ3v) is 2.72. The molecule has 1 aliphatic heterocycles. The maximum atomic E-state index is 5.56. The quantitative estimate of drug-likeness (QED) is 0.873. The van der Waals surface area contributed by atoms with E-state index < -0.39 is 0 Å². The van der Waals surface area contributed by atoms with Gasteiger partial charge in [0.1, 0.15) is 13.2 Å². The molecular weight excluding hydrogens is 230 g/mol. The Labute approximate surface area is 105 Å². The minimum Gasteiger partial charge on any atom is -0.486 e. The summed E-state index contributed by atoms with van der Waals surface area (Å²) in [5.74, 6) is 2.15. The second-order valence-electron chi connectivity index (χ2n) is 3.87. The molecule has 0 fully saturated rings. The minimum absolute atomic E-state index is 0.585. The molecule has 5 nitrogen and oxygen atoms in total. The van der Waals surface area contributed by atoms with Crippen LogP contribution in [0.4, 0.5) is 5.95 Å². The molecule has 0 bridgehead atoms. The first kappa shape index (κ1) is 10.8. The molecule has 1 aliphatic rings. The van der Waals surface area contributed by atoms with E-state index in [4.69, 9.17) is 9.47 Å². The molecule has 18 heavy (non-hydrogen) atoms. The van der Waals surface area contributed by atoms with Gasteiger partial charge in [-0.15, -0.1) is 0 Å². The summed E-state index contributed by atoms with van der Waals surface area (Å²) in [6, 6.07) is 7.68. The van der Waals surface area contributed by atoms with Crippen LogP contribution in [0.25, 0.3) is 11.3 Å². The standard InChI is InChI=1S/C13H13N3O2/c1-14-13-15-5-4-10(16-13)9-2-3-11-12(8-9)18-7-6-17-11/h2-5,8H,6-7H2,1H3,(H,14,15,16). The first-order valence-corrected chi connectivity index (χ1v) is 5.77. The van der Waals surface area contributed by atoms with Gasteiger partial charge in [0.2, 0.25) is 5.95 Å². The van der Waals surface area contributed by atoms with Crippen LogP contribution in [0.5, 0.6) is 11.5 Å². The lowest BCUT2D eigenvalue weighted by molar-refractivity contribution is 0.171. The average Bonchev–Trinajstić information content (AvgIpc) is 2.47. The average molecular weight is 243 g/mol. The van der Waals surface area contributed by atoms with Gasteiger partial charge in [0.25, 0.3) is 0 Å². The summed E-state index contributed by atoms with van der Waals surface area (Å²) in [4.78, 5) is 8.48. The molecule has 2 aromatic rings. The van der Waals surface area contributed by atoms with Gasteiger partial charge in [-0.1, -0.05) is 0 Å². The van der Waals surface area contributed by atoms with Crippen LogP contribution in [0.1, 0.15) is 0 Å². The highest BCUT2D eigenvalue weighted by molar-refractivity contribution is 5.64. The topological polar surface area (TPSA) is 56.3 Å². The van der Waals surface area contributed by atoms with E-state index in [-0.39, 0.29) is 0 Å². The van der Waals surface area contributed by atoms with Crippen molar-refractivity contribution in [3.05, 3.63) is 30.5 Å². The van der Waals surface area contributed by atoms with Crippen molar-refractivity contribution in [1.82, 2.24) is 9.97 Å². The van der Waals surface area contributed by atoms with Crippen molar-refractivity contribution < 1.29 is 9.47 Å². The first-order valence-electron chi connectivity index (χ1n) is 5.77. The third-order valence-electron chi connectivity index (χ3n) is 2.72. The summed E-state index contributed by atoms with van der Waals surface area (Å²) in [6.07, 6.45) is 1.73. The van der Waals surface area contributed by atoms with E-state index in [1.165, 1.54) is 0 Å². The maximum absolute atomic E-state index is 5.56. The second-order valence-corrected chi connectivity index (χ2v) is 3.87. The molecule has 3 rings (SSSR count). The van der Waals surface area contributed by atoms with E-state index in [1.54, 1.807) is 13.2 Å². The molecule has 5 heteroatoms. The van der Waals surface area contributed by atoms with Crippen LogP contribution in [0, 0.1) is 0 Å². The van der Waals surface area contributed by atoms with Crippen molar-refractivity contribution in [2.45, 2.75) is 0 Å². The Balaban J connectivity index is 2.00. The molecule has 2 heterocycles. The SMILES string of the molecule is CNc1nccc(-c2ccc3c(c2)OCCO3)n1. The lowest BCUT2D eigenvalue weighted by Crippen LogP contribution is -2.15. The highest BCUT2D eigenvalue weighted by Crippen LogP contribution is 2.33. The number of rotatable bonds is 2. The minimum atomic E-state index is 0.585. The number of anilines is 1. The summed E-state index contributed by atoms with van der Waals surface area (Å²) >= 11 is 0. The number of ether oxygens (including phenoxy) is 2. The van der Waals surface area contributed by atoms with E-state index in [9.17, 15) is 0 Å². The summed E-state index contributed by atoms with van der Waals surface area (Å²) in [5.41, 5.74) is 1.84. The first-order chi connectivity index (χ1) is 8.86. The Morgan fingerprint density at radius 3 is 2.78 bits per heavy atom. The number of nitrogens with one attached hydrogen (secondary N) is 1. The van der Waals surface area contributed by atoms with Crippen molar-refractivity contribution in [3.8, 4) is 22.8 Å². The number of benzene rings is 1. The number of hydrogen-bond donors (Lipinski definition) is 1. The fourth-order valence-electron chi connectivity index (χ4n) is 1.84. The molecule has 0 saturated carbocycles. The molecule has 0 spiro atoms. The fraction of sp³-hybridized carbons (Fsp3) is 0.231. The molecule has 0 saturated heterocycles. The van der Waals surface area contributed by atoms with E-state index in [1.807, 2.05) is 24.3 Å². The van der Waals surface area contributed by atoms with Gasteiger partial charge in [0.05, 0.1) is 5.69 Å². The molecule has 0 unspecified atom stereocenters. The zero-order chi connectivity index (χ0) is 12.4.